The van der Waals surface area contributed by atoms with Gasteiger partial charge in [-0.25, -0.2) is 4.98 Å². The van der Waals surface area contributed by atoms with Crippen LogP contribution in [0.5, 0.6) is 11.9 Å². The Morgan fingerprint density at radius 1 is 1.23 bits per heavy atom. The fraction of sp³-hybridized carbons (Fsp3) is 0.524. The largest absolute Gasteiger partial charge is 0.481 e. The standard InChI is InChI=1S/C21H26N4O5/c1-24-8-7-13(9-17(24)26)19(27)25-11-14-5-4-6-15(12-25)21(14,28)16-10-22-20(30-3)23-18(16)29-2/h7-10,14-15,28H,4-6,11-12H2,1-3H3. The lowest BCUT2D eigenvalue weighted by Crippen LogP contribution is -2.59. The summed E-state index contributed by atoms with van der Waals surface area (Å²) in [6, 6.07) is 3.18. The molecule has 1 saturated heterocycles. The van der Waals surface area contributed by atoms with Gasteiger partial charge in [0.2, 0.25) is 5.88 Å². The predicted octanol–water partition coefficient (Wildman–Crippen LogP) is 0.952. The van der Waals surface area contributed by atoms with Crippen LogP contribution in [0.4, 0.5) is 0 Å². The molecule has 2 unspecified atom stereocenters. The number of carbonyl (C=O) groups excluding carboxylic acids is 1. The van der Waals surface area contributed by atoms with Crippen LogP contribution in [-0.2, 0) is 12.6 Å². The van der Waals surface area contributed by atoms with Crippen LogP contribution in [0, 0.1) is 11.8 Å². The van der Waals surface area contributed by atoms with Gasteiger partial charge >= 0.3 is 6.01 Å². The Kier molecular flexibility index (Phi) is 5.23. The molecule has 1 amide bonds. The molecular weight excluding hydrogens is 388 g/mol. The van der Waals surface area contributed by atoms with Gasteiger partial charge < -0.3 is 24.0 Å². The number of hydrogen-bond acceptors (Lipinski definition) is 7. The second-order valence-corrected chi connectivity index (χ2v) is 8.00. The Labute approximate surface area is 174 Å². The molecule has 2 aromatic rings. The first kappa shape index (κ1) is 20.3. The van der Waals surface area contributed by atoms with Crippen LogP contribution in [0.15, 0.2) is 29.3 Å². The molecule has 9 nitrogen and oxygen atoms in total. The molecule has 9 heteroatoms. The number of fused-ring (bicyclic) bond motifs is 2. The van der Waals surface area contributed by atoms with Gasteiger partial charge in [0.15, 0.2) is 0 Å². The normalized spacial score (nSPS) is 25.7. The van der Waals surface area contributed by atoms with Crippen molar-refractivity contribution in [2.24, 2.45) is 18.9 Å². The number of aromatic nitrogens is 3. The Bertz CT molecular complexity index is 1010. The number of rotatable bonds is 4. The van der Waals surface area contributed by atoms with Gasteiger partial charge in [0.05, 0.1) is 19.8 Å². The summed E-state index contributed by atoms with van der Waals surface area (Å²) in [5.74, 6) is -0.282. The number of nitrogens with zero attached hydrogens (tertiary/aromatic N) is 4. The molecule has 1 aliphatic carbocycles. The van der Waals surface area contributed by atoms with E-state index in [4.69, 9.17) is 9.47 Å². The molecule has 1 saturated carbocycles. The number of likely N-dealkylation sites (tertiary alicyclic amines) is 1. The highest BCUT2D eigenvalue weighted by Crippen LogP contribution is 2.51. The lowest BCUT2D eigenvalue weighted by molar-refractivity contribution is -0.140. The van der Waals surface area contributed by atoms with Crippen LogP contribution < -0.4 is 15.0 Å². The zero-order valence-corrected chi connectivity index (χ0v) is 17.4. The molecule has 30 heavy (non-hydrogen) atoms. The van der Waals surface area contributed by atoms with Gasteiger partial charge in [-0.3, -0.25) is 9.59 Å². The average Bonchev–Trinajstić information content (AvgIpc) is 2.74. The van der Waals surface area contributed by atoms with Crippen molar-refractivity contribution in [1.29, 1.82) is 0 Å². The summed E-state index contributed by atoms with van der Waals surface area (Å²) in [4.78, 5) is 35.2. The van der Waals surface area contributed by atoms with Gasteiger partial charge in [-0.05, 0) is 18.9 Å². The van der Waals surface area contributed by atoms with Crippen LogP contribution in [0.25, 0.3) is 0 Å². The number of methoxy groups -OCH3 is 2. The summed E-state index contributed by atoms with van der Waals surface area (Å²) in [5, 5.41) is 11.9. The number of carbonyl (C=O) groups is 1. The summed E-state index contributed by atoms with van der Waals surface area (Å²) in [6.07, 6.45) is 5.67. The van der Waals surface area contributed by atoms with Crippen molar-refractivity contribution < 1.29 is 19.4 Å². The molecule has 4 rings (SSSR count). The zero-order chi connectivity index (χ0) is 21.5. The Morgan fingerprint density at radius 3 is 2.53 bits per heavy atom. The van der Waals surface area contributed by atoms with E-state index in [1.54, 1.807) is 30.4 Å². The van der Waals surface area contributed by atoms with Gasteiger partial charge in [0, 0.05) is 56.0 Å². The second kappa shape index (κ2) is 7.71. The molecule has 3 heterocycles. The minimum Gasteiger partial charge on any atom is -0.481 e. The molecule has 2 fully saturated rings. The molecule has 160 valence electrons. The van der Waals surface area contributed by atoms with Crippen molar-refractivity contribution in [1.82, 2.24) is 19.4 Å². The predicted molar refractivity (Wildman–Crippen MR) is 107 cm³/mol. The molecule has 1 N–H and O–H groups in total. The SMILES string of the molecule is COc1ncc(C2(O)C3CCCC2CN(C(=O)c2ccn(C)c(=O)c2)C3)c(OC)n1. The van der Waals surface area contributed by atoms with Gasteiger partial charge in [-0.15, -0.1) is 0 Å². The summed E-state index contributed by atoms with van der Waals surface area (Å²) >= 11 is 0. The van der Waals surface area contributed by atoms with Crippen molar-refractivity contribution in [3.05, 3.63) is 46.0 Å². The number of hydrogen-bond donors (Lipinski definition) is 1. The number of ether oxygens (including phenoxy) is 2. The van der Waals surface area contributed by atoms with Crippen LogP contribution >= 0.6 is 0 Å². The third-order valence-corrected chi connectivity index (χ3v) is 6.41. The zero-order valence-electron chi connectivity index (χ0n) is 17.4. The molecule has 2 bridgehead atoms. The highest BCUT2D eigenvalue weighted by molar-refractivity contribution is 5.94. The maximum absolute atomic E-state index is 13.1. The van der Waals surface area contributed by atoms with Crippen molar-refractivity contribution in [2.45, 2.75) is 24.9 Å². The Morgan fingerprint density at radius 2 is 1.93 bits per heavy atom. The first-order chi connectivity index (χ1) is 14.4. The highest BCUT2D eigenvalue weighted by Gasteiger charge is 2.54. The fourth-order valence-corrected chi connectivity index (χ4v) is 4.80. The van der Waals surface area contributed by atoms with Gasteiger partial charge in [-0.2, -0.15) is 4.98 Å². The van der Waals surface area contributed by atoms with Crippen molar-refractivity contribution >= 4 is 5.91 Å². The molecule has 0 spiro atoms. The van der Waals surface area contributed by atoms with E-state index in [9.17, 15) is 14.7 Å². The van der Waals surface area contributed by atoms with Crippen LogP contribution in [0.2, 0.25) is 0 Å². The van der Waals surface area contributed by atoms with Crippen LogP contribution in [-0.4, -0.2) is 57.8 Å². The monoisotopic (exact) mass is 414 g/mol. The first-order valence-corrected chi connectivity index (χ1v) is 10.0. The molecule has 2 atom stereocenters. The number of aryl methyl sites for hydroxylation is 1. The summed E-state index contributed by atoms with van der Waals surface area (Å²) in [7, 11) is 4.62. The fourth-order valence-electron chi connectivity index (χ4n) is 4.80. The Hall–Kier alpha value is -2.94. The minimum absolute atomic E-state index is 0.169. The first-order valence-electron chi connectivity index (χ1n) is 10.0. The summed E-state index contributed by atoms with van der Waals surface area (Å²) < 4.78 is 11.9. The van der Waals surface area contributed by atoms with Crippen molar-refractivity contribution in [2.75, 3.05) is 27.3 Å². The Balaban J connectivity index is 1.66. The van der Waals surface area contributed by atoms with E-state index in [0.29, 0.717) is 24.2 Å². The van der Waals surface area contributed by atoms with Crippen LogP contribution in [0.1, 0.15) is 35.2 Å². The summed E-state index contributed by atoms with van der Waals surface area (Å²) in [5.41, 5.74) is -0.526. The smallest absolute Gasteiger partial charge is 0.319 e. The second-order valence-electron chi connectivity index (χ2n) is 8.00. The van der Waals surface area contributed by atoms with Gasteiger partial charge in [-0.1, -0.05) is 6.42 Å². The maximum Gasteiger partial charge on any atom is 0.319 e. The minimum atomic E-state index is -1.19. The maximum atomic E-state index is 13.1. The molecule has 0 aromatic carbocycles. The van der Waals surface area contributed by atoms with E-state index in [2.05, 4.69) is 9.97 Å². The number of pyridine rings is 1. The molecule has 0 radical (unpaired) electrons. The van der Waals surface area contributed by atoms with E-state index < -0.39 is 5.60 Å². The van der Waals surface area contributed by atoms with Gasteiger partial charge in [0.1, 0.15) is 5.60 Å². The number of amides is 1. The van der Waals surface area contributed by atoms with E-state index in [1.807, 2.05) is 0 Å². The van der Waals surface area contributed by atoms with Crippen molar-refractivity contribution in [3.8, 4) is 11.9 Å². The summed E-state index contributed by atoms with van der Waals surface area (Å²) in [6.45, 7) is 0.770. The lowest BCUT2D eigenvalue weighted by Gasteiger charge is -2.53. The third kappa shape index (κ3) is 3.23. The third-order valence-electron chi connectivity index (χ3n) is 6.41. The van der Waals surface area contributed by atoms with Crippen molar-refractivity contribution in [3.63, 3.8) is 0 Å². The van der Waals surface area contributed by atoms with E-state index in [-0.39, 0.29) is 35.2 Å². The van der Waals surface area contributed by atoms with E-state index >= 15 is 0 Å². The highest BCUT2D eigenvalue weighted by atomic mass is 16.5. The number of piperidine rings is 1. The van der Waals surface area contributed by atoms with Gasteiger partial charge in [0.25, 0.3) is 11.5 Å². The lowest BCUT2D eigenvalue weighted by atomic mass is 9.63. The molecular formula is C21H26N4O5. The topological polar surface area (TPSA) is 107 Å². The van der Waals surface area contributed by atoms with E-state index in [0.717, 1.165) is 19.3 Å². The molecule has 2 aliphatic rings. The average molecular weight is 414 g/mol. The van der Waals surface area contributed by atoms with Crippen LogP contribution in [0.3, 0.4) is 0 Å². The molecule has 2 aromatic heterocycles. The number of aliphatic hydroxyl groups is 1. The quantitative estimate of drug-likeness (QED) is 0.794. The molecule has 1 aliphatic heterocycles. The van der Waals surface area contributed by atoms with E-state index in [1.165, 1.54) is 24.9 Å².